The molecule has 0 fully saturated rings. The lowest BCUT2D eigenvalue weighted by atomic mass is 9.89. The second-order valence-corrected chi connectivity index (χ2v) is 12.7. The summed E-state index contributed by atoms with van der Waals surface area (Å²) >= 11 is 0. The van der Waals surface area contributed by atoms with Gasteiger partial charge in [0.2, 0.25) is 20.7 Å². The molecule has 0 aliphatic carbocycles. The van der Waals surface area contributed by atoms with E-state index >= 15 is 0 Å². The second kappa shape index (κ2) is 12.2. The van der Waals surface area contributed by atoms with Crippen molar-refractivity contribution >= 4 is 21.8 Å². The van der Waals surface area contributed by atoms with Crippen molar-refractivity contribution in [2.24, 2.45) is 0 Å². The van der Waals surface area contributed by atoms with Crippen molar-refractivity contribution in [3.63, 3.8) is 0 Å². The van der Waals surface area contributed by atoms with Crippen LogP contribution in [-0.4, -0.2) is 36.7 Å². The van der Waals surface area contributed by atoms with Crippen LogP contribution in [-0.2, 0) is 31.1 Å². The molecular formula is C27H39N4O6S. The third kappa shape index (κ3) is 6.71. The van der Waals surface area contributed by atoms with Gasteiger partial charge in [-0.1, -0.05) is 77.9 Å². The maximum absolute atomic E-state index is 14.1. The van der Waals surface area contributed by atoms with Crippen LogP contribution in [0.25, 0.3) is 0 Å². The molecule has 0 aliphatic rings. The van der Waals surface area contributed by atoms with Crippen LogP contribution >= 0.6 is 0 Å². The maximum atomic E-state index is 14.1. The first-order valence-electron chi connectivity index (χ1n) is 12.5. The van der Waals surface area contributed by atoms with Gasteiger partial charge in [0.25, 0.3) is 0 Å². The number of hydrogen-bond donors (Lipinski definition) is 6. The summed E-state index contributed by atoms with van der Waals surface area (Å²) in [6.45, 7) is 12.9. The molecule has 2 aromatic carbocycles. The lowest BCUT2D eigenvalue weighted by Crippen LogP contribution is -2.52. The van der Waals surface area contributed by atoms with E-state index in [0.29, 0.717) is 16.7 Å². The number of hydrazine groups is 1. The highest BCUT2D eigenvalue weighted by Gasteiger charge is 2.45. The Balaban J connectivity index is 2.51. The molecule has 2 rings (SSSR count). The van der Waals surface area contributed by atoms with Gasteiger partial charge < -0.3 is 5.11 Å². The molecule has 2 aromatic rings. The molecule has 0 aliphatic heterocycles. The van der Waals surface area contributed by atoms with Crippen LogP contribution in [0.5, 0.6) is 0 Å². The van der Waals surface area contributed by atoms with Gasteiger partial charge in [-0.05, 0) is 46.9 Å². The summed E-state index contributed by atoms with van der Waals surface area (Å²) in [6, 6.07) is 8.48. The Kier molecular flexibility index (Phi) is 10.1. The average Bonchev–Trinajstić information content (AvgIpc) is 2.85. The Morgan fingerprint density at radius 1 is 0.974 bits per heavy atom. The molecule has 11 heteroatoms. The van der Waals surface area contributed by atoms with E-state index in [4.69, 9.17) is 10.6 Å². The monoisotopic (exact) mass is 547 g/mol. The Morgan fingerprint density at radius 2 is 1.47 bits per heavy atom. The number of sulfone groups is 1. The zero-order chi connectivity index (χ0) is 29.0. The molecule has 1 unspecified atom stereocenters. The molecule has 0 aromatic heterocycles. The Bertz CT molecular complexity index is 1230. The van der Waals surface area contributed by atoms with Gasteiger partial charge in [0.1, 0.15) is 6.04 Å². The fraction of sp³-hybridized carbons (Fsp3) is 0.481. The minimum Gasteiger partial charge on any atom is -0.480 e. The molecule has 0 spiro atoms. The number of carbonyl (C=O) groups is 1. The standard InChI is InChI=1S/C27H39N4O6S/c1-15(2)19-13-21(16(3)4)24(22(14-19)17(5)6)38(36,37)27(7,34)20-10-8-18(9-11-20)12-23(25(32)33)29-30-26(28)31-35/h8-11,13-17,23,29,35H,12H2,1-7H3,(H,32,33)(H3,28,30,31)/t23-,27?/m0/s1. The van der Waals surface area contributed by atoms with E-state index in [1.54, 1.807) is 0 Å². The highest BCUT2D eigenvalue weighted by Crippen LogP contribution is 2.42. The number of guanidine groups is 1. The van der Waals surface area contributed by atoms with Crippen LogP contribution < -0.4 is 16.3 Å². The van der Waals surface area contributed by atoms with Gasteiger partial charge in [-0.2, -0.15) is 0 Å². The quantitative estimate of drug-likeness (QED) is 0.138. The summed E-state index contributed by atoms with van der Waals surface area (Å²) in [5.74, 6) is -1.80. The fourth-order valence-corrected chi connectivity index (χ4v) is 6.16. The van der Waals surface area contributed by atoms with E-state index in [1.807, 2.05) is 53.7 Å². The molecule has 0 saturated heterocycles. The predicted octanol–water partition coefficient (Wildman–Crippen LogP) is 4.14. The van der Waals surface area contributed by atoms with Gasteiger partial charge in [0.05, 0.1) is 4.90 Å². The van der Waals surface area contributed by atoms with Crippen LogP contribution in [0, 0.1) is 5.41 Å². The number of benzene rings is 2. The molecule has 10 nitrogen and oxygen atoms in total. The van der Waals surface area contributed by atoms with Gasteiger partial charge >= 0.3 is 5.97 Å². The minimum absolute atomic E-state index is 0.0324. The molecule has 0 amide bonds. The van der Waals surface area contributed by atoms with Gasteiger partial charge in [-0.25, -0.2) is 24.4 Å². The van der Waals surface area contributed by atoms with E-state index in [-0.39, 0.29) is 34.6 Å². The van der Waals surface area contributed by atoms with Gasteiger partial charge in [-0.15, -0.1) is 0 Å². The lowest BCUT2D eigenvalue weighted by Gasteiger charge is -2.28. The van der Waals surface area contributed by atoms with Gasteiger partial charge in [-0.3, -0.25) is 20.8 Å². The molecule has 1 radical (unpaired) electrons. The number of aliphatic carboxylic acids is 1. The van der Waals surface area contributed by atoms with Crippen LogP contribution in [0.4, 0.5) is 0 Å². The Hall–Kier alpha value is -2.99. The SMILES string of the molecule is CC(C)c1cc(C(C)C)c(S(=O)(=O)C(C)([O])c2ccc(C[C@H](NNC(=N)NO)C(=O)O)cc2)c(C(C)C)c1. The smallest absolute Gasteiger partial charge is 0.322 e. The second-order valence-electron chi connectivity index (χ2n) is 10.5. The molecule has 0 saturated carbocycles. The van der Waals surface area contributed by atoms with Crippen molar-refractivity contribution in [1.82, 2.24) is 16.3 Å². The van der Waals surface area contributed by atoms with Crippen molar-refractivity contribution in [3.05, 3.63) is 64.2 Å². The molecular weight excluding hydrogens is 508 g/mol. The highest BCUT2D eigenvalue weighted by atomic mass is 32.2. The molecule has 0 heterocycles. The number of carboxylic acid groups (broad SMARTS) is 1. The number of nitrogens with one attached hydrogen (secondary N) is 4. The van der Waals surface area contributed by atoms with Gasteiger partial charge in [0, 0.05) is 12.0 Å². The van der Waals surface area contributed by atoms with E-state index in [1.165, 1.54) is 29.7 Å². The lowest BCUT2D eigenvalue weighted by molar-refractivity contribution is -0.139. The van der Waals surface area contributed by atoms with Crippen molar-refractivity contribution in [2.75, 3.05) is 0 Å². The third-order valence-corrected chi connectivity index (χ3v) is 8.83. The topological polar surface area (TPSA) is 172 Å². The third-order valence-electron chi connectivity index (χ3n) is 6.56. The summed E-state index contributed by atoms with van der Waals surface area (Å²) in [7, 11) is -4.38. The molecule has 2 atom stereocenters. The van der Waals surface area contributed by atoms with Crippen LogP contribution in [0.1, 0.15) is 94.0 Å². The molecule has 209 valence electrons. The van der Waals surface area contributed by atoms with Gasteiger partial charge in [0.15, 0.2) is 0 Å². The average molecular weight is 548 g/mol. The molecule has 6 N–H and O–H groups in total. The Labute approximate surface area is 224 Å². The maximum Gasteiger partial charge on any atom is 0.322 e. The highest BCUT2D eigenvalue weighted by molar-refractivity contribution is 7.92. The van der Waals surface area contributed by atoms with Crippen molar-refractivity contribution in [1.29, 1.82) is 5.41 Å². The number of hydrogen-bond acceptors (Lipinski definition) is 6. The zero-order valence-corrected chi connectivity index (χ0v) is 23.7. The largest absolute Gasteiger partial charge is 0.480 e. The summed E-state index contributed by atoms with van der Waals surface area (Å²) in [5, 5.41) is 39.4. The van der Waals surface area contributed by atoms with E-state index < -0.39 is 32.7 Å². The van der Waals surface area contributed by atoms with Crippen LogP contribution in [0.3, 0.4) is 0 Å². The van der Waals surface area contributed by atoms with Crippen molar-refractivity contribution in [2.45, 2.75) is 88.5 Å². The number of rotatable bonds is 11. The summed E-state index contributed by atoms with van der Waals surface area (Å²) in [6.07, 6.45) is -0.0324. The molecule has 38 heavy (non-hydrogen) atoms. The van der Waals surface area contributed by atoms with Crippen molar-refractivity contribution in [3.8, 4) is 0 Å². The summed E-state index contributed by atoms with van der Waals surface area (Å²) in [5.41, 5.74) is 8.99. The van der Waals surface area contributed by atoms with E-state index in [0.717, 1.165) is 12.5 Å². The zero-order valence-electron chi connectivity index (χ0n) is 22.9. The number of carboxylic acids is 1. The normalized spacial score (nSPS) is 14.4. The number of hydroxylamine groups is 1. The summed E-state index contributed by atoms with van der Waals surface area (Å²) in [4.78, 5) is 9.17. The first-order chi connectivity index (χ1) is 17.5. The first-order valence-corrected chi connectivity index (χ1v) is 14.0. The predicted molar refractivity (Wildman–Crippen MR) is 144 cm³/mol. The first kappa shape index (κ1) is 31.2. The van der Waals surface area contributed by atoms with Crippen LogP contribution in [0.15, 0.2) is 41.3 Å². The van der Waals surface area contributed by atoms with E-state index in [2.05, 4.69) is 10.9 Å². The van der Waals surface area contributed by atoms with Crippen molar-refractivity contribution < 1.29 is 28.6 Å². The Morgan fingerprint density at radius 3 is 1.87 bits per heavy atom. The molecule has 0 bridgehead atoms. The summed E-state index contributed by atoms with van der Waals surface area (Å²) < 4.78 is 28.1. The van der Waals surface area contributed by atoms with Crippen LogP contribution in [0.2, 0.25) is 0 Å². The fourth-order valence-electron chi connectivity index (χ4n) is 4.12. The minimum atomic E-state index is -4.38. The van der Waals surface area contributed by atoms with E-state index in [9.17, 15) is 23.4 Å².